The van der Waals surface area contributed by atoms with Crippen molar-refractivity contribution in [3.63, 3.8) is 0 Å². The molecule has 1 aromatic carbocycles. The van der Waals surface area contributed by atoms with Crippen LogP contribution in [0.2, 0.25) is 0 Å². The molecule has 0 fully saturated rings. The fraction of sp³-hybridized carbons (Fsp3) is 0.647. The van der Waals surface area contributed by atoms with Crippen LogP contribution >= 0.6 is 0 Å². The molecule has 0 aliphatic rings. The molecule has 118 valence electrons. The van der Waals surface area contributed by atoms with E-state index in [-0.39, 0.29) is 6.04 Å². The zero-order valence-corrected chi connectivity index (χ0v) is 13.5. The zero-order chi connectivity index (χ0) is 15.3. The molecule has 4 nitrogen and oxygen atoms in total. The molecule has 0 aliphatic carbocycles. The molecule has 1 rings (SSSR count). The van der Waals surface area contributed by atoms with E-state index in [1.165, 1.54) is 5.56 Å². The van der Waals surface area contributed by atoms with Crippen molar-refractivity contribution in [3.8, 4) is 5.75 Å². The van der Waals surface area contributed by atoms with Gasteiger partial charge in [0.25, 0.3) is 0 Å². The minimum Gasteiger partial charge on any atom is -0.494 e. The van der Waals surface area contributed by atoms with Gasteiger partial charge in [-0.3, -0.25) is 0 Å². The number of hydrogen-bond donors (Lipinski definition) is 0. The molecule has 0 aromatic heterocycles. The van der Waals surface area contributed by atoms with Gasteiger partial charge in [0.15, 0.2) is 0 Å². The van der Waals surface area contributed by atoms with E-state index in [2.05, 4.69) is 36.2 Å². The molecule has 0 bridgehead atoms. The minimum absolute atomic E-state index is 0.136. The maximum Gasteiger partial charge on any atom is 0.119 e. The Balaban J connectivity index is 2.58. The van der Waals surface area contributed by atoms with Crippen LogP contribution in [0.3, 0.4) is 0 Å². The monoisotopic (exact) mass is 292 g/mol. The first-order valence-electron chi connectivity index (χ1n) is 7.98. The van der Waals surface area contributed by atoms with Crippen molar-refractivity contribution in [1.82, 2.24) is 0 Å². The number of hydrogen-bond acceptors (Lipinski definition) is 4. The highest BCUT2D eigenvalue weighted by atomic mass is 16.5. The van der Waals surface area contributed by atoms with Gasteiger partial charge in [0, 0.05) is 6.61 Å². The van der Waals surface area contributed by atoms with Crippen molar-refractivity contribution in [2.45, 2.75) is 46.1 Å². The van der Waals surface area contributed by atoms with Gasteiger partial charge in [-0.2, -0.15) is 10.2 Å². The molecule has 0 N–H and O–H groups in total. The Morgan fingerprint density at radius 3 is 2.38 bits per heavy atom. The van der Waals surface area contributed by atoms with Crippen LogP contribution in [0.5, 0.6) is 5.75 Å². The van der Waals surface area contributed by atoms with Gasteiger partial charge in [-0.05, 0) is 37.5 Å². The molecule has 1 unspecified atom stereocenters. The molecular formula is C17H28N2O2. The fourth-order valence-corrected chi connectivity index (χ4v) is 1.98. The van der Waals surface area contributed by atoms with Crippen LogP contribution in [0.25, 0.3) is 0 Å². The fourth-order valence-electron chi connectivity index (χ4n) is 1.98. The zero-order valence-electron chi connectivity index (χ0n) is 13.5. The van der Waals surface area contributed by atoms with Gasteiger partial charge in [-0.15, -0.1) is 0 Å². The molecule has 21 heavy (non-hydrogen) atoms. The molecule has 0 spiro atoms. The summed E-state index contributed by atoms with van der Waals surface area (Å²) in [5.74, 6) is 0.920. The lowest BCUT2D eigenvalue weighted by molar-refractivity contribution is 0.154. The van der Waals surface area contributed by atoms with Crippen LogP contribution in [0, 0.1) is 0 Å². The smallest absolute Gasteiger partial charge is 0.119 e. The number of rotatable bonds is 11. The summed E-state index contributed by atoms with van der Waals surface area (Å²) in [6.07, 6.45) is 3.12. The summed E-state index contributed by atoms with van der Waals surface area (Å²) < 4.78 is 10.9. The third kappa shape index (κ3) is 7.23. The van der Waals surface area contributed by atoms with E-state index < -0.39 is 0 Å². The van der Waals surface area contributed by atoms with E-state index in [0.29, 0.717) is 13.2 Å². The average Bonchev–Trinajstić information content (AvgIpc) is 2.52. The Morgan fingerprint density at radius 2 is 1.76 bits per heavy atom. The lowest BCUT2D eigenvalue weighted by atomic mass is 10.0. The molecular weight excluding hydrogens is 264 g/mol. The van der Waals surface area contributed by atoms with E-state index >= 15 is 0 Å². The van der Waals surface area contributed by atoms with Gasteiger partial charge in [-0.25, -0.2) is 0 Å². The SMILES string of the molecule is CCCOc1ccc(C(CCC)N=NCCOCC)cc1. The van der Waals surface area contributed by atoms with Crippen molar-refractivity contribution in [1.29, 1.82) is 0 Å². The number of ether oxygens (including phenoxy) is 2. The highest BCUT2D eigenvalue weighted by molar-refractivity contribution is 5.29. The highest BCUT2D eigenvalue weighted by Gasteiger charge is 2.09. The molecule has 1 atom stereocenters. The molecule has 4 heteroatoms. The second-order valence-electron chi connectivity index (χ2n) is 4.90. The van der Waals surface area contributed by atoms with Gasteiger partial charge in [0.1, 0.15) is 5.75 Å². The third-order valence-corrected chi connectivity index (χ3v) is 3.06. The number of azo groups is 1. The van der Waals surface area contributed by atoms with Crippen LogP contribution in [0.1, 0.15) is 51.6 Å². The lowest BCUT2D eigenvalue weighted by Gasteiger charge is -2.12. The summed E-state index contributed by atoms with van der Waals surface area (Å²) in [6.45, 7) is 9.02. The van der Waals surface area contributed by atoms with Gasteiger partial charge >= 0.3 is 0 Å². The van der Waals surface area contributed by atoms with E-state index in [0.717, 1.165) is 38.2 Å². The van der Waals surface area contributed by atoms with E-state index in [1.807, 2.05) is 19.1 Å². The first-order valence-corrected chi connectivity index (χ1v) is 7.98. The Bertz CT molecular complexity index is 390. The van der Waals surface area contributed by atoms with Crippen LogP contribution in [0.4, 0.5) is 0 Å². The van der Waals surface area contributed by atoms with Crippen LogP contribution in [-0.4, -0.2) is 26.4 Å². The molecule has 0 aliphatic heterocycles. The van der Waals surface area contributed by atoms with E-state index in [9.17, 15) is 0 Å². The largest absolute Gasteiger partial charge is 0.494 e. The Labute approximate surface area is 128 Å². The lowest BCUT2D eigenvalue weighted by Crippen LogP contribution is -1.99. The second kappa shape index (κ2) is 11.3. The molecule has 0 radical (unpaired) electrons. The van der Waals surface area contributed by atoms with Crippen LogP contribution < -0.4 is 4.74 Å². The highest BCUT2D eigenvalue weighted by Crippen LogP contribution is 2.25. The van der Waals surface area contributed by atoms with Crippen molar-refractivity contribution in [2.75, 3.05) is 26.4 Å². The minimum atomic E-state index is 0.136. The normalized spacial score (nSPS) is 12.7. The second-order valence-corrected chi connectivity index (χ2v) is 4.90. The maximum absolute atomic E-state index is 5.60. The summed E-state index contributed by atoms with van der Waals surface area (Å²) >= 11 is 0. The van der Waals surface area contributed by atoms with Gasteiger partial charge in [0.2, 0.25) is 0 Å². The summed E-state index contributed by atoms with van der Waals surface area (Å²) in [4.78, 5) is 0. The summed E-state index contributed by atoms with van der Waals surface area (Å²) in [7, 11) is 0. The predicted molar refractivity (Wildman–Crippen MR) is 86.1 cm³/mol. The van der Waals surface area contributed by atoms with Gasteiger partial charge in [-0.1, -0.05) is 32.4 Å². The van der Waals surface area contributed by atoms with Crippen LogP contribution in [0.15, 0.2) is 34.5 Å². The summed E-state index contributed by atoms with van der Waals surface area (Å²) in [5, 5.41) is 8.70. The first kappa shape index (κ1) is 17.6. The van der Waals surface area contributed by atoms with Crippen molar-refractivity contribution in [2.24, 2.45) is 10.2 Å². The van der Waals surface area contributed by atoms with Gasteiger partial charge in [0.05, 0.1) is 25.8 Å². The standard InChI is InChI=1S/C17H28N2O2/c1-4-7-17(19-18-12-14-20-6-3)15-8-10-16(11-9-15)21-13-5-2/h8-11,17H,4-7,12-14H2,1-3H3. The molecule has 1 aromatic rings. The van der Waals surface area contributed by atoms with Crippen molar-refractivity contribution < 1.29 is 9.47 Å². The molecule has 0 saturated heterocycles. The van der Waals surface area contributed by atoms with Crippen molar-refractivity contribution in [3.05, 3.63) is 29.8 Å². The topological polar surface area (TPSA) is 43.2 Å². The van der Waals surface area contributed by atoms with E-state index in [4.69, 9.17) is 9.47 Å². The molecule has 0 amide bonds. The maximum atomic E-state index is 5.60. The van der Waals surface area contributed by atoms with Gasteiger partial charge < -0.3 is 9.47 Å². The number of benzene rings is 1. The Kier molecular flexibility index (Phi) is 9.46. The van der Waals surface area contributed by atoms with Crippen molar-refractivity contribution >= 4 is 0 Å². The molecule has 0 heterocycles. The van der Waals surface area contributed by atoms with E-state index in [1.54, 1.807) is 0 Å². The van der Waals surface area contributed by atoms with Crippen LogP contribution in [-0.2, 0) is 4.74 Å². The summed E-state index contributed by atoms with van der Waals surface area (Å²) in [6, 6.07) is 8.35. The Hall–Kier alpha value is -1.42. The number of nitrogens with zero attached hydrogens (tertiary/aromatic N) is 2. The first-order chi connectivity index (χ1) is 10.3. The third-order valence-electron chi connectivity index (χ3n) is 3.06. The Morgan fingerprint density at radius 1 is 1.00 bits per heavy atom. The average molecular weight is 292 g/mol. The predicted octanol–water partition coefficient (Wildman–Crippen LogP) is 4.81. The quantitative estimate of drug-likeness (QED) is 0.434. The summed E-state index contributed by atoms with van der Waals surface area (Å²) in [5.41, 5.74) is 1.20. The molecule has 0 saturated carbocycles.